The smallest absolute Gasteiger partial charge is 0.249 e. The molecule has 0 bridgehead atoms. The Morgan fingerprint density at radius 1 is 1.18 bits per heavy atom. The second kappa shape index (κ2) is 5.44. The molecule has 1 aromatic heterocycles. The van der Waals surface area contributed by atoms with E-state index in [0.717, 1.165) is 30.6 Å². The Bertz CT molecular complexity index is 582. The van der Waals surface area contributed by atoms with Crippen molar-refractivity contribution in [1.82, 2.24) is 15.3 Å². The van der Waals surface area contributed by atoms with Crippen LogP contribution in [0.2, 0.25) is 0 Å². The lowest BCUT2D eigenvalue weighted by molar-refractivity contribution is -0.144. The van der Waals surface area contributed by atoms with Gasteiger partial charge < -0.3 is 0 Å². The second-order valence-corrected chi connectivity index (χ2v) is 7.52. The van der Waals surface area contributed by atoms with Gasteiger partial charge >= 0.3 is 0 Å². The van der Waals surface area contributed by atoms with E-state index in [0.29, 0.717) is 0 Å². The molecule has 1 aromatic rings. The zero-order valence-electron chi connectivity index (χ0n) is 12.7. The van der Waals surface area contributed by atoms with Crippen molar-refractivity contribution in [3.05, 3.63) is 22.4 Å². The van der Waals surface area contributed by atoms with Crippen LogP contribution in [0.3, 0.4) is 0 Å². The Morgan fingerprint density at radius 3 is 2.64 bits per heavy atom. The largest absolute Gasteiger partial charge is 0.278 e. The number of imide groups is 1. The van der Waals surface area contributed by atoms with E-state index in [1.165, 1.54) is 6.42 Å². The lowest BCUT2D eigenvalue weighted by Gasteiger charge is -2.31. The first kappa shape index (κ1) is 14.4. The van der Waals surface area contributed by atoms with Crippen molar-refractivity contribution in [3.8, 4) is 0 Å². The van der Waals surface area contributed by atoms with Crippen LogP contribution in [0, 0.1) is 5.92 Å². The van der Waals surface area contributed by atoms with Crippen LogP contribution in [-0.4, -0.2) is 40.9 Å². The third-order valence-electron chi connectivity index (χ3n) is 5.26. The average Bonchev–Trinajstić information content (AvgIpc) is 3.20. The van der Waals surface area contributed by atoms with Crippen molar-refractivity contribution in [2.75, 3.05) is 7.05 Å². The maximum atomic E-state index is 13.0. The molecule has 3 fully saturated rings. The third-order valence-corrected chi connectivity index (χ3v) is 6.22. The van der Waals surface area contributed by atoms with Crippen molar-refractivity contribution < 1.29 is 9.59 Å². The summed E-state index contributed by atoms with van der Waals surface area (Å²) in [6.07, 6.45) is 5.41. The SMILES string of the molecule is CN1N[C@H](c2cccs2)[C@H]2C(=O)N(C3CCCCC3)C(=O)[C@@H]21. The minimum Gasteiger partial charge on any atom is -0.278 e. The van der Waals surface area contributed by atoms with Gasteiger partial charge in [0.1, 0.15) is 6.04 Å². The first-order chi connectivity index (χ1) is 10.7. The maximum Gasteiger partial charge on any atom is 0.249 e. The molecule has 6 heteroatoms. The predicted octanol–water partition coefficient (Wildman–Crippen LogP) is 1.93. The Kier molecular flexibility index (Phi) is 3.55. The van der Waals surface area contributed by atoms with Crippen molar-refractivity contribution >= 4 is 23.2 Å². The van der Waals surface area contributed by atoms with E-state index in [-0.39, 0.29) is 35.9 Å². The van der Waals surface area contributed by atoms with Crippen molar-refractivity contribution in [3.63, 3.8) is 0 Å². The normalized spacial score (nSPS) is 33.7. The monoisotopic (exact) mass is 319 g/mol. The quantitative estimate of drug-likeness (QED) is 0.846. The molecule has 22 heavy (non-hydrogen) atoms. The second-order valence-electron chi connectivity index (χ2n) is 6.54. The molecule has 4 rings (SSSR count). The van der Waals surface area contributed by atoms with E-state index < -0.39 is 0 Å². The van der Waals surface area contributed by atoms with E-state index in [2.05, 4.69) is 5.43 Å². The van der Waals surface area contributed by atoms with Gasteiger partial charge in [-0.2, -0.15) is 0 Å². The number of hydrazine groups is 1. The zero-order chi connectivity index (χ0) is 15.3. The molecule has 1 saturated carbocycles. The molecule has 118 valence electrons. The molecule has 3 atom stereocenters. The fraction of sp³-hybridized carbons (Fsp3) is 0.625. The number of nitrogens with zero attached hydrogens (tertiary/aromatic N) is 2. The van der Waals surface area contributed by atoms with Crippen LogP contribution in [0.5, 0.6) is 0 Å². The van der Waals surface area contributed by atoms with E-state index in [4.69, 9.17) is 0 Å². The highest BCUT2D eigenvalue weighted by molar-refractivity contribution is 7.10. The number of hydrogen-bond donors (Lipinski definition) is 1. The van der Waals surface area contributed by atoms with Crippen LogP contribution in [0.15, 0.2) is 17.5 Å². The molecule has 5 nitrogen and oxygen atoms in total. The van der Waals surface area contributed by atoms with E-state index >= 15 is 0 Å². The number of nitrogens with one attached hydrogen (secondary N) is 1. The van der Waals surface area contributed by atoms with Gasteiger partial charge in [-0.25, -0.2) is 10.4 Å². The summed E-state index contributed by atoms with van der Waals surface area (Å²) in [5.41, 5.74) is 3.32. The van der Waals surface area contributed by atoms with Crippen LogP contribution in [0.25, 0.3) is 0 Å². The van der Waals surface area contributed by atoms with Gasteiger partial charge in [-0.1, -0.05) is 25.3 Å². The van der Waals surface area contributed by atoms with Crippen LogP contribution >= 0.6 is 11.3 Å². The van der Waals surface area contributed by atoms with Crippen molar-refractivity contribution in [2.45, 2.75) is 50.2 Å². The number of likely N-dealkylation sites (tertiary alicyclic amines) is 1. The molecule has 0 radical (unpaired) electrons. The Balaban J connectivity index is 1.65. The maximum absolute atomic E-state index is 13.0. The number of carbonyl (C=O) groups is 2. The summed E-state index contributed by atoms with van der Waals surface area (Å²) >= 11 is 1.64. The summed E-state index contributed by atoms with van der Waals surface area (Å²) in [4.78, 5) is 28.6. The fourth-order valence-electron chi connectivity index (χ4n) is 4.22. The number of fused-ring (bicyclic) bond motifs is 1. The summed E-state index contributed by atoms with van der Waals surface area (Å²) in [5.74, 6) is -0.258. The number of thiophene rings is 1. The number of carbonyl (C=O) groups excluding carboxylic acids is 2. The third kappa shape index (κ3) is 2.05. The van der Waals surface area contributed by atoms with Gasteiger partial charge in [-0.3, -0.25) is 14.5 Å². The van der Waals surface area contributed by atoms with Gasteiger partial charge in [0.2, 0.25) is 11.8 Å². The van der Waals surface area contributed by atoms with Crippen LogP contribution < -0.4 is 5.43 Å². The number of amides is 2. The molecule has 0 aromatic carbocycles. The zero-order valence-corrected chi connectivity index (χ0v) is 13.5. The van der Waals surface area contributed by atoms with Crippen LogP contribution in [0.4, 0.5) is 0 Å². The Labute approximate surface area is 134 Å². The molecule has 0 unspecified atom stereocenters. The molecule has 1 aliphatic carbocycles. The first-order valence-electron chi connectivity index (χ1n) is 8.08. The average molecular weight is 319 g/mol. The van der Waals surface area contributed by atoms with Gasteiger partial charge in [-0.15, -0.1) is 11.3 Å². The van der Waals surface area contributed by atoms with Crippen molar-refractivity contribution in [2.24, 2.45) is 5.92 Å². The highest BCUT2D eigenvalue weighted by Crippen LogP contribution is 2.42. The molecule has 3 heterocycles. The summed E-state index contributed by atoms with van der Waals surface area (Å²) in [6.45, 7) is 0. The standard InChI is InChI=1S/C16H21N3O2S/c1-18-14-12(13(17-18)11-8-5-9-22-11)15(20)19(16(14)21)10-6-3-2-4-7-10/h5,8-10,12-14,17H,2-4,6-7H2,1H3/t12-,13-,14-/m1/s1. The molecular formula is C16H21N3O2S. The molecule has 0 spiro atoms. The molecule has 2 aliphatic heterocycles. The predicted molar refractivity (Wildman–Crippen MR) is 84.0 cm³/mol. The van der Waals surface area contributed by atoms with Gasteiger partial charge in [-0.05, 0) is 24.3 Å². The molecule has 2 amide bonds. The van der Waals surface area contributed by atoms with Gasteiger partial charge in [0.15, 0.2) is 0 Å². The van der Waals surface area contributed by atoms with E-state index in [1.54, 1.807) is 16.2 Å². The van der Waals surface area contributed by atoms with Gasteiger partial charge in [0, 0.05) is 18.0 Å². The Hall–Kier alpha value is -1.24. The highest BCUT2D eigenvalue weighted by atomic mass is 32.1. The summed E-state index contributed by atoms with van der Waals surface area (Å²) in [6, 6.07) is 3.74. The summed E-state index contributed by atoms with van der Waals surface area (Å²) in [5, 5.41) is 3.86. The lowest BCUT2D eigenvalue weighted by atomic mass is 9.93. The Morgan fingerprint density at radius 2 is 1.95 bits per heavy atom. The van der Waals surface area contributed by atoms with E-state index in [1.807, 2.05) is 29.6 Å². The number of rotatable bonds is 2. The minimum absolute atomic E-state index is 0.00374. The molecular weight excluding hydrogens is 298 g/mol. The number of likely N-dealkylation sites (N-methyl/N-ethyl adjacent to an activating group) is 1. The lowest BCUT2D eigenvalue weighted by Crippen LogP contribution is -2.47. The number of hydrogen-bond acceptors (Lipinski definition) is 5. The first-order valence-corrected chi connectivity index (χ1v) is 8.96. The summed E-state index contributed by atoms with van der Waals surface area (Å²) in [7, 11) is 1.88. The fourth-order valence-corrected chi connectivity index (χ4v) is 5.04. The van der Waals surface area contributed by atoms with Gasteiger partial charge in [0.05, 0.1) is 12.0 Å². The van der Waals surface area contributed by atoms with Gasteiger partial charge in [0.25, 0.3) is 0 Å². The topological polar surface area (TPSA) is 52.7 Å². The van der Waals surface area contributed by atoms with E-state index in [9.17, 15) is 9.59 Å². The minimum atomic E-state index is -0.346. The highest BCUT2D eigenvalue weighted by Gasteiger charge is 2.59. The van der Waals surface area contributed by atoms with Crippen LogP contribution in [0.1, 0.15) is 43.0 Å². The molecule has 2 saturated heterocycles. The van der Waals surface area contributed by atoms with Crippen molar-refractivity contribution in [1.29, 1.82) is 0 Å². The van der Waals surface area contributed by atoms with Crippen LogP contribution in [-0.2, 0) is 9.59 Å². The molecule has 3 aliphatic rings. The molecule has 1 N–H and O–H groups in total. The summed E-state index contributed by atoms with van der Waals surface area (Å²) < 4.78 is 0.